The van der Waals surface area contributed by atoms with Crippen LogP contribution in [0.2, 0.25) is 0 Å². The van der Waals surface area contributed by atoms with E-state index in [1.165, 1.54) is 19.3 Å². The Morgan fingerprint density at radius 3 is 2.70 bits per heavy atom. The summed E-state index contributed by atoms with van der Waals surface area (Å²) in [7, 11) is 0. The van der Waals surface area contributed by atoms with E-state index >= 15 is 0 Å². The lowest BCUT2D eigenvalue weighted by atomic mass is 9.93. The highest BCUT2D eigenvalue weighted by Gasteiger charge is 2.16. The van der Waals surface area contributed by atoms with Crippen LogP contribution in [0.3, 0.4) is 0 Å². The monoisotopic (exact) mass is 142 g/mol. The maximum absolute atomic E-state index is 5.74. The van der Waals surface area contributed by atoms with Gasteiger partial charge in [0, 0.05) is 18.6 Å². The fourth-order valence-corrected chi connectivity index (χ4v) is 1.07. The van der Waals surface area contributed by atoms with Crippen LogP contribution in [0.4, 0.5) is 0 Å². The van der Waals surface area contributed by atoms with E-state index in [9.17, 15) is 0 Å². The molecule has 10 heavy (non-hydrogen) atoms. The zero-order chi connectivity index (χ0) is 7.40. The lowest BCUT2D eigenvalue weighted by Crippen LogP contribution is -2.42. The largest absolute Gasteiger partial charge is 0.327 e. The first kappa shape index (κ1) is 8.02. The number of nitrogens with two attached hydrogens (primary N) is 1. The second kappa shape index (κ2) is 3.94. The molecule has 1 rings (SSSR count). The standard InChI is InChI=1S/C8H18N2/c1-2-7(9)6-10-8-4-3-5-8/h7-8,10H,2-6,9H2,1H3/t7-/m0/s1. The van der Waals surface area contributed by atoms with Crippen molar-refractivity contribution in [3.05, 3.63) is 0 Å². The highest BCUT2D eigenvalue weighted by Crippen LogP contribution is 2.17. The molecule has 0 bridgehead atoms. The SMILES string of the molecule is CC[C@H](N)CNC1CCC1. The van der Waals surface area contributed by atoms with Crippen molar-refractivity contribution < 1.29 is 0 Å². The molecule has 0 heterocycles. The topological polar surface area (TPSA) is 38.0 Å². The summed E-state index contributed by atoms with van der Waals surface area (Å²) in [6.45, 7) is 3.13. The van der Waals surface area contributed by atoms with Crippen LogP contribution in [0.15, 0.2) is 0 Å². The van der Waals surface area contributed by atoms with Gasteiger partial charge in [0.15, 0.2) is 0 Å². The Bertz CT molecular complexity index is 84.5. The van der Waals surface area contributed by atoms with Gasteiger partial charge >= 0.3 is 0 Å². The first-order chi connectivity index (χ1) is 4.83. The summed E-state index contributed by atoms with van der Waals surface area (Å²) in [5, 5.41) is 3.44. The van der Waals surface area contributed by atoms with E-state index in [2.05, 4.69) is 12.2 Å². The molecule has 0 saturated heterocycles. The molecule has 0 spiro atoms. The molecule has 0 amide bonds. The van der Waals surface area contributed by atoms with Crippen molar-refractivity contribution in [3.63, 3.8) is 0 Å². The molecule has 1 atom stereocenters. The maximum atomic E-state index is 5.74. The van der Waals surface area contributed by atoms with Crippen LogP contribution in [-0.2, 0) is 0 Å². The molecule has 0 unspecified atom stereocenters. The smallest absolute Gasteiger partial charge is 0.0162 e. The predicted molar refractivity (Wildman–Crippen MR) is 43.9 cm³/mol. The molecule has 0 aliphatic heterocycles. The van der Waals surface area contributed by atoms with Gasteiger partial charge in [0.2, 0.25) is 0 Å². The number of rotatable bonds is 4. The molecule has 0 radical (unpaired) electrons. The Kier molecular flexibility index (Phi) is 3.16. The molecule has 0 aromatic carbocycles. The summed E-state index contributed by atoms with van der Waals surface area (Å²) in [4.78, 5) is 0. The van der Waals surface area contributed by atoms with Gasteiger partial charge in [-0.15, -0.1) is 0 Å². The Labute approximate surface area is 63.2 Å². The molecule has 3 N–H and O–H groups in total. The third kappa shape index (κ3) is 2.27. The summed E-state index contributed by atoms with van der Waals surface area (Å²) >= 11 is 0. The van der Waals surface area contributed by atoms with Crippen molar-refractivity contribution in [2.75, 3.05) is 6.54 Å². The van der Waals surface area contributed by atoms with E-state index in [0.717, 1.165) is 19.0 Å². The van der Waals surface area contributed by atoms with Gasteiger partial charge in [-0.05, 0) is 19.3 Å². The molecule has 60 valence electrons. The van der Waals surface area contributed by atoms with Gasteiger partial charge in [-0.3, -0.25) is 0 Å². The summed E-state index contributed by atoms with van der Waals surface area (Å²) in [5.74, 6) is 0. The summed E-state index contributed by atoms with van der Waals surface area (Å²) < 4.78 is 0. The van der Waals surface area contributed by atoms with E-state index in [1.54, 1.807) is 0 Å². The average Bonchev–Trinajstić information content (AvgIpc) is 1.84. The lowest BCUT2D eigenvalue weighted by molar-refractivity contribution is 0.330. The maximum Gasteiger partial charge on any atom is 0.0162 e. The Hall–Kier alpha value is -0.0800. The van der Waals surface area contributed by atoms with Crippen LogP contribution in [0, 0.1) is 0 Å². The fraction of sp³-hybridized carbons (Fsp3) is 1.00. The molecule has 0 aromatic heterocycles. The zero-order valence-corrected chi connectivity index (χ0v) is 6.77. The number of hydrogen-bond acceptors (Lipinski definition) is 2. The van der Waals surface area contributed by atoms with Gasteiger partial charge < -0.3 is 11.1 Å². The molecular weight excluding hydrogens is 124 g/mol. The zero-order valence-electron chi connectivity index (χ0n) is 6.77. The van der Waals surface area contributed by atoms with Crippen LogP contribution in [-0.4, -0.2) is 18.6 Å². The van der Waals surface area contributed by atoms with Crippen molar-refractivity contribution in [2.24, 2.45) is 5.73 Å². The Morgan fingerprint density at radius 1 is 1.60 bits per heavy atom. The second-order valence-corrected chi connectivity index (χ2v) is 3.20. The lowest BCUT2D eigenvalue weighted by Gasteiger charge is -2.27. The Balaban J connectivity index is 1.93. The van der Waals surface area contributed by atoms with Crippen molar-refractivity contribution in [2.45, 2.75) is 44.7 Å². The molecule has 1 saturated carbocycles. The first-order valence-corrected chi connectivity index (χ1v) is 4.32. The van der Waals surface area contributed by atoms with Gasteiger partial charge in [-0.1, -0.05) is 13.3 Å². The average molecular weight is 142 g/mol. The molecular formula is C8H18N2. The minimum atomic E-state index is 0.362. The van der Waals surface area contributed by atoms with Crippen LogP contribution in [0.25, 0.3) is 0 Å². The molecule has 2 nitrogen and oxygen atoms in total. The van der Waals surface area contributed by atoms with Crippen molar-refractivity contribution in [3.8, 4) is 0 Å². The molecule has 1 aliphatic rings. The van der Waals surface area contributed by atoms with Crippen molar-refractivity contribution in [1.82, 2.24) is 5.32 Å². The third-order valence-corrected chi connectivity index (χ3v) is 2.30. The van der Waals surface area contributed by atoms with E-state index in [0.29, 0.717) is 6.04 Å². The van der Waals surface area contributed by atoms with Gasteiger partial charge in [0.05, 0.1) is 0 Å². The van der Waals surface area contributed by atoms with Crippen LogP contribution < -0.4 is 11.1 Å². The van der Waals surface area contributed by atoms with Crippen LogP contribution in [0.1, 0.15) is 32.6 Å². The number of hydrogen-bond donors (Lipinski definition) is 2. The highest BCUT2D eigenvalue weighted by molar-refractivity contribution is 4.77. The normalized spacial score (nSPS) is 22.2. The predicted octanol–water partition coefficient (Wildman–Crippen LogP) is 0.866. The minimum absolute atomic E-state index is 0.362. The van der Waals surface area contributed by atoms with Crippen LogP contribution in [0.5, 0.6) is 0 Å². The van der Waals surface area contributed by atoms with E-state index in [-0.39, 0.29) is 0 Å². The highest BCUT2D eigenvalue weighted by atomic mass is 14.9. The quantitative estimate of drug-likeness (QED) is 0.611. The van der Waals surface area contributed by atoms with Crippen molar-refractivity contribution >= 4 is 0 Å². The van der Waals surface area contributed by atoms with E-state index in [4.69, 9.17) is 5.73 Å². The van der Waals surface area contributed by atoms with Gasteiger partial charge in [0.1, 0.15) is 0 Å². The number of nitrogens with one attached hydrogen (secondary N) is 1. The first-order valence-electron chi connectivity index (χ1n) is 4.32. The summed E-state index contributed by atoms with van der Waals surface area (Å²) in [5.41, 5.74) is 5.74. The third-order valence-electron chi connectivity index (χ3n) is 2.30. The molecule has 2 heteroatoms. The Morgan fingerprint density at radius 2 is 2.30 bits per heavy atom. The van der Waals surface area contributed by atoms with E-state index < -0.39 is 0 Å². The summed E-state index contributed by atoms with van der Waals surface area (Å²) in [6, 6.07) is 1.15. The second-order valence-electron chi connectivity index (χ2n) is 3.20. The van der Waals surface area contributed by atoms with Gasteiger partial charge in [-0.25, -0.2) is 0 Å². The minimum Gasteiger partial charge on any atom is -0.327 e. The summed E-state index contributed by atoms with van der Waals surface area (Å²) in [6.07, 6.45) is 5.20. The van der Waals surface area contributed by atoms with Crippen molar-refractivity contribution in [1.29, 1.82) is 0 Å². The molecule has 1 fully saturated rings. The van der Waals surface area contributed by atoms with Gasteiger partial charge in [-0.2, -0.15) is 0 Å². The van der Waals surface area contributed by atoms with Crippen LogP contribution >= 0.6 is 0 Å². The molecule has 1 aliphatic carbocycles. The van der Waals surface area contributed by atoms with E-state index in [1.807, 2.05) is 0 Å². The molecule has 0 aromatic rings. The van der Waals surface area contributed by atoms with Gasteiger partial charge in [0.25, 0.3) is 0 Å². The fourth-order valence-electron chi connectivity index (χ4n) is 1.07.